The summed E-state index contributed by atoms with van der Waals surface area (Å²) in [6, 6.07) is -0.0544. The summed E-state index contributed by atoms with van der Waals surface area (Å²) in [5.41, 5.74) is 5.42. The Morgan fingerprint density at radius 1 is 1.82 bits per heavy atom. The normalized spacial score (nSPS) is 25.2. The minimum absolute atomic E-state index is 0.0390. The predicted molar refractivity (Wildman–Crippen MR) is 45.2 cm³/mol. The summed E-state index contributed by atoms with van der Waals surface area (Å²) in [7, 11) is 0. The van der Waals surface area contributed by atoms with Crippen LogP contribution < -0.4 is 5.73 Å². The van der Waals surface area contributed by atoms with Gasteiger partial charge in [-0.3, -0.25) is 0 Å². The van der Waals surface area contributed by atoms with Gasteiger partial charge >= 0.3 is 0 Å². The van der Waals surface area contributed by atoms with E-state index in [0.717, 1.165) is 0 Å². The number of hydrogen-bond acceptors (Lipinski definition) is 3. The van der Waals surface area contributed by atoms with Gasteiger partial charge in [-0.2, -0.15) is 0 Å². The zero-order valence-electron chi connectivity index (χ0n) is 6.19. The van der Waals surface area contributed by atoms with Crippen LogP contribution in [-0.2, 0) is 4.74 Å². The van der Waals surface area contributed by atoms with Gasteiger partial charge in [-0.25, -0.2) is 0 Å². The number of rotatable bonds is 1. The van der Waals surface area contributed by atoms with Crippen molar-refractivity contribution in [1.29, 1.82) is 0 Å². The van der Waals surface area contributed by atoms with E-state index in [9.17, 15) is 0 Å². The van der Waals surface area contributed by atoms with Crippen LogP contribution in [0, 0.1) is 0 Å². The van der Waals surface area contributed by atoms with Crippen molar-refractivity contribution in [3.63, 3.8) is 0 Å². The molecule has 0 unspecified atom stereocenters. The van der Waals surface area contributed by atoms with Crippen LogP contribution in [0.15, 0.2) is 0 Å². The fraction of sp³-hybridized carbons (Fsp3) is 0.833. The van der Waals surface area contributed by atoms with Crippen LogP contribution in [0.5, 0.6) is 0 Å². The van der Waals surface area contributed by atoms with Crippen LogP contribution >= 0.6 is 12.2 Å². The van der Waals surface area contributed by atoms with E-state index in [0.29, 0.717) is 24.9 Å². The third-order valence-electron chi connectivity index (χ3n) is 1.72. The Kier molecular flexibility index (Phi) is 3.04. The monoisotopic (exact) mass is 176 g/mol. The van der Waals surface area contributed by atoms with Crippen LogP contribution in [0.4, 0.5) is 0 Å². The Morgan fingerprint density at radius 3 is 3.00 bits per heavy atom. The van der Waals surface area contributed by atoms with Gasteiger partial charge in [-0.1, -0.05) is 0 Å². The number of nitrogens with two attached hydrogens (primary N) is 1. The molecule has 64 valence electrons. The van der Waals surface area contributed by atoms with Crippen LogP contribution in [0.1, 0.15) is 0 Å². The second-order valence-corrected chi connectivity index (χ2v) is 2.86. The van der Waals surface area contributed by atoms with Crippen molar-refractivity contribution in [3.05, 3.63) is 0 Å². The van der Waals surface area contributed by atoms with E-state index in [1.54, 1.807) is 4.90 Å². The molecule has 1 atom stereocenters. The van der Waals surface area contributed by atoms with Crippen LogP contribution in [0.2, 0.25) is 0 Å². The van der Waals surface area contributed by atoms with E-state index in [-0.39, 0.29) is 12.6 Å². The van der Waals surface area contributed by atoms with Crippen LogP contribution in [-0.4, -0.2) is 47.5 Å². The summed E-state index contributed by atoms with van der Waals surface area (Å²) < 4.78 is 5.14. The largest absolute Gasteiger partial charge is 0.394 e. The van der Waals surface area contributed by atoms with Crippen LogP contribution in [0.3, 0.4) is 0 Å². The average Bonchev–Trinajstić information content (AvgIpc) is 2.04. The van der Waals surface area contributed by atoms with Gasteiger partial charge in [0.1, 0.15) is 0 Å². The quantitative estimate of drug-likeness (QED) is 0.498. The zero-order chi connectivity index (χ0) is 8.27. The molecule has 1 fully saturated rings. The Labute approximate surface area is 70.9 Å². The highest BCUT2D eigenvalue weighted by atomic mass is 32.1. The van der Waals surface area contributed by atoms with Crippen molar-refractivity contribution in [2.75, 3.05) is 26.4 Å². The van der Waals surface area contributed by atoms with Crippen molar-refractivity contribution in [1.82, 2.24) is 4.90 Å². The van der Waals surface area contributed by atoms with Crippen molar-refractivity contribution < 1.29 is 9.84 Å². The first kappa shape index (κ1) is 8.70. The highest BCUT2D eigenvalue weighted by molar-refractivity contribution is 7.80. The van der Waals surface area contributed by atoms with Gasteiger partial charge in [0, 0.05) is 6.54 Å². The molecule has 1 saturated heterocycles. The molecule has 4 nitrogen and oxygen atoms in total. The maximum absolute atomic E-state index is 8.87. The van der Waals surface area contributed by atoms with E-state index >= 15 is 0 Å². The molecule has 0 aromatic rings. The standard InChI is InChI=1S/C6H12N2O2S/c7-6(11)8-1-2-10-4-5(8)3-9/h5,9H,1-4H2,(H2,7,11)/t5-/m1/s1. The molecule has 0 spiro atoms. The average molecular weight is 176 g/mol. The Balaban J connectivity index is 2.51. The van der Waals surface area contributed by atoms with E-state index in [2.05, 4.69) is 0 Å². The van der Waals surface area contributed by atoms with Crippen molar-refractivity contribution in [3.8, 4) is 0 Å². The van der Waals surface area contributed by atoms with Gasteiger partial charge in [-0.15, -0.1) is 0 Å². The van der Waals surface area contributed by atoms with Gasteiger partial charge in [0.15, 0.2) is 5.11 Å². The number of nitrogens with zero attached hydrogens (tertiary/aromatic N) is 1. The third kappa shape index (κ3) is 2.02. The first-order valence-electron chi connectivity index (χ1n) is 3.50. The number of thiocarbonyl (C=S) groups is 1. The lowest BCUT2D eigenvalue weighted by molar-refractivity contribution is 0.00538. The molecule has 0 aromatic heterocycles. The minimum Gasteiger partial charge on any atom is -0.394 e. The SMILES string of the molecule is NC(=S)N1CCOC[C@H]1CO. The van der Waals surface area contributed by atoms with Crippen LogP contribution in [0.25, 0.3) is 0 Å². The molecule has 1 heterocycles. The Morgan fingerprint density at radius 2 is 2.55 bits per heavy atom. The summed E-state index contributed by atoms with van der Waals surface area (Å²) in [4.78, 5) is 1.79. The van der Waals surface area contributed by atoms with Gasteiger partial charge in [0.25, 0.3) is 0 Å². The lowest BCUT2D eigenvalue weighted by Gasteiger charge is -2.34. The smallest absolute Gasteiger partial charge is 0.166 e. The lowest BCUT2D eigenvalue weighted by atomic mass is 10.2. The molecule has 11 heavy (non-hydrogen) atoms. The molecular weight excluding hydrogens is 164 g/mol. The Bertz CT molecular complexity index is 154. The third-order valence-corrected chi connectivity index (χ3v) is 1.96. The van der Waals surface area contributed by atoms with Gasteiger partial charge in [0.2, 0.25) is 0 Å². The van der Waals surface area contributed by atoms with E-state index in [1.807, 2.05) is 0 Å². The maximum Gasteiger partial charge on any atom is 0.166 e. The molecule has 1 rings (SSSR count). The number of aliphatic hydroxyl groups excluding tert-OH is 1. The van der Waals surface area contributed by atoms with Crippen molar-refractivity contribution >= 4 is 17.3 Å². The molecule has 0 saturated carbocycles. The molecular formula is C6H12N2O2S. The summed E-state index contributed by atoms with van der Waals surface area (Å²) in [6.07, 6.45) is 0. The summed E-state index contributed by atoms with van der Waals surface area (Å²) in [6.45, 7) is 1.86. The first-order valence-corrected chi connectivity index (χ1v) is 3.91. The minimum atomic E-state index is -0.0544. The molecule has 0 radical (unpaired) electrons. The zero-order valence-corrected chi connectivity index (χ0v) is 7.01. The summed E-state index contributed by atoms with van der Waals surface area (Å²) in [5.74, 6) is 0. The molecule has 1 aliphatic heterocycles. The molecule has 0 amide bonds. The lowest BCUT2D eigenvalue weighted by Crippen LogP contribution is -2.52. The van der Waals surface area contributed by atoms with Gasteiger partial charge < -0.3 is 20.5 Å². The molecule has 0 bridgehead atoms. The number of hydrogen-bond donors (Lipinski definition) is 2. The molecule has 3 N–H and O–H groups in total. The van der Waals surface area contributed by atoms with E-state index < -0.39 is 0 Å². The molecule has 0 aromatic carbocycles. The number of ether oxygens (including phenoxy) is 1. The van der Waals surface area contributed by atoms with Crippen molar-refractivity contribution in [2.45, 2.75) is 6.04 Å². The number of aliphatic hydroxyl groups is 1. The topological polar surface area (TPSA) is 58.7 Å². The highest BCUT2D eigenvalue weighted by Crippen LogP contribution is 2.05. The molecule has 0 aliphatic carbocycles. The second-order valence-electron chi connectivity index (χ2n) is 2.44. The maximum atomic E-state index is 8.87. The second kappa shape index (κ2) is 3.85. The van der Waals surface area contributed by atoms with E-state index in [1.165, 1.54) is 0 Å². The Hall–Kier alpha value is -0.390. The molecule has 5 heteroatoms. The van der Waals surface area contributed by atoms with Gasteiger partial charge in [-0.05, 0) is 12.2 Å². The number of morpholine rings is 1. The van der Waals surface area contributed by atoms with Gasteiger partial charge in [0.05, 0.1) is 25.9 Å². The predicted octanol–water partition coefficient (Wildman–Crippen LogP) is -1.08. The summed E-state index contributed by atoms with van der Waals surface area (Å²) >= 11 is 4.80. The van der Waals surface area contributed by atoms with Crippen molar-refractivity contribution in [2.24, 2.45) is 5.73 Å². The fourth-order valence-corrected chi connectivity index (χ4v) is 1.34. The van der Waals surface area contributed by atoms with E-state index in [4.69, 9.17) is 27.8 Å². The highest BCUT2D eigenvalue weighted by Gasteiger charge is 2.22. The fourth-order valence-electron chi connectivity index (χ4n) is 1.10. The summed E-state index contributed by atoms with van der Waals surface area (Å²) in [5, 5.41) is 9.21. The first-order chi connectivity index (χ1) is 5.25. The molecule has 1 aliphatic rings.